The first-order chi connectivity index (χ1) is 8.06. The summed E-state index contributed by atoms with van der Waals surface area (Å²) in [6.45, 7) is 3.80. The Bertz CT molecular complexity index is 561. The van der Waals surface area contributed by atoms with Crippen LogP contribution in [0.2, 0.25) is 0 Å². The first-order valence-corrected chi connectivity index (χ1v) is 5.47. The molecule has 2 rings (SSSR count). The third-order valence-electron chi connectivity index (χ3n) is 2.94. The van der Waals surface area contributed by atoms with E-state index in [1.165, 1.54) is 0 Å². The largest absolute Gasteiger partial charge is 0.481 e. The van der Waals surface area contributed by atoms with Gasteiger partial charge in [-0.25, -0.2) is 4.98 Å². The number of ether oxygens (including phenoxy) is 1. The molecule has 0 saturated heterocycles. The van der Waals surface area contributed by atoms with Crippen molar-refractivity contribution < 1.29 is 9.53 Å². The van der Waals surface area contributed by atoms with Crippen LogP contribution in [0.5, 0.6) is 5.88 Å². The standard InChI is InChI=1S/C14H15NO2/c1-14(2,9-16)12-5-4-10-7-13(17-3)15-8-11(10)6-12/h4-9H,1-3H3. The van der Waals surface area contributed by atoms with Gasteiger partial charge in [0.2, 0.25) is 5.88 Å². The highest BCUT2D eigenvalue weighted by atomic mass is 16.5. The molecule has 17 heavy (non-hydrogen) atoms. The number of hydrogen-bond acceptors (Lipinski definition) is 3. The summed E-state index contributed by atoms with van der Waals surface area (Å²) in [5, 5.41) is 2.07. The topological polar surface area (TPSA) is 39.2 Å². The van der Waals surface area contributed by atoms with Gasteiger partial charge in [-0.15, -0.1) is 0 Å². The Labute approximate surface area is 100 Å². The normalized spacial score (nSPS) is 11.5. The molecule has 0 amide bonds. The molecule has 0 aliphatic heterocycles. The molecule has 1 aromatic heterocycles. The minimum atomic E-state index is -0.464. The molecule has 3 nitrogen and oxygen atoms in total. The monoisotopic (exact) mass is 229 g/mol. The van der Waals surface area contributed by atoms with Crippen molar-refractivity contribution in [1.29, 1.82) is 0 Å². The maximum Gasteiger partial charge on any atom is 0.213 e. The lowest BCUT2D eigenvalue weighted by molar-refractivity contribution is -0.111. The number of methoxy groups -OCH3 is 1. The van der Waals surface area contributed by atoms with Crippen molar-refractivity contribution in [1.82, 2.24) is 4.98 Å². The van der Waals surface area contributed by atoms with Crippen LogP contribution in [0.25, 0.3) is 10.8 Å². The average Bonchev–Trinajstić information content (AvgIpc) is 2.37. The minimum absolute atomic E-state index is 0.464. The summed E-state index contributed by atoms with van der Waals surface area (Å²) in [5.74, 6) is 0.597. The van der Waals surface area contributed by atoms with Gasteiger partial charge in [-0.1, -0.05) is 12.1 Å². The van der Waals surface area contributed by atoms with Gasteiger partial charge < -0.3 is 9.53 Å². The van der Waals surface area contributed by atoms with E-state index in [4.69, 9.17) is 4.74 Å². The molecule has 3 heteroatoms. The molecule has 0 unspecified atom stereocenters. The van der Waals surface area contributed by atoms with Crippen LogP contribution >= 0.6 is 0 Å². The van der Waals surface area contributed by atoms with Crippen LogP contribution in [0.4, 0.5) is 0 Å². The van der Waals surface area contributed by atoms with Crippen molar-refractivity contribution in [3.05, 3.63) is 36.0 Å². The van der Waals surface area contributed by atoms with Gasteiger partial charge >= 0.3 is 0 Å². The summed E-state index contributed by atoms with van der Waals surface area (Å²) in [6.07, 6.45) is 2.73. The van der Waals surface area contributed by atoms with Crippen LogP contribution in [0.1, 0.15) is 19.4 Å². The summed E-state index contributed by atoms with van der Waals surface area (Å²) in [5.41, 5.74) is 0.528. The van der Waals surface area contributed by atoms with Crippen molar-refractivity contribution >= 4 is 17.1 Å². The summed E-state index contributed by atoms with van der Waals surface area (Å²) in [6, 6.07) is 7.83. The quantitative estimate of drug-likeness (QED) is 0.760. The van der Waals surface area contributed by atoms with Gasteiger partial charge in [0.05, 0.1) is 7.11 Å². The van der Waals surface area contributed by atoms with Gasteiger partial charge in [0.15, 0.2) is 0 Å². The van der Waals surface area contributed by atoms with Gasteiger partial charge in [0.25, 0.3) is 0 Å². The second-order valence-electron chi connectivity index (χ2n) is 4.63. The summed E-state index contributed by atoms with van der Waals surface area (Å²) >= 11 is 0. The van der Waals surface area contributed by atoms with E-state index >= 15 is 0 Å². The smallest absolute Gasteiger partial charge is 0.213 e. The van der Waals surface area contributed by atoms with Crippen molar-refractivity contribution in [3.63, 3.8) is 0 Å². The Morgan fingerprint density at radius 1 is 1.24 bits per heavy atom. The number of benzene rings is 1. The molecule has 88 valence electrons. The minimum Gasteiger partial charge on any atom is -0.481 e. The van der Waals surface area contributed by atoms with Gasteiger partial charge in [0, 0.05) is 23.1 Å². The van der Waals surface area contributed by atoms with Crippen LogP contribution in [0.3, 0.4) is 0 Å². The molecule has 0 saturated carbocycles. The third-order valence-corrected chi connectivity index (χ3v) is 2.94. The zero-order chi connectivity index (χ0) is 12.5. The molecule has 0 fully saturated rings. The molecule has 0 N–H and O–H groups in total. The zero-order valence-corrected chi connectivity index (χ0v) is 10.2. The van der Waals surface area contributed by atoms with Crippen molar-refractivity contribution in [2.45, 2.75) is 19.3 Å². The lowest BCUT2D eigenvalue weighted by Crippen LogP contribution is -2.18. The van der Waals surface area contributed by atoms with Gasteiger partial charge in [-0.05, 0) is 30.9 Å². The molecule has 0 radical (unpaired) electrons. The summed E-state index contributed by atoms with van der Waals surface area (Å²) in [4.78, 5) is 15.2. The Kier molecular flexibility index (Phi) is 2.84. The summed E-state index contributed by atoms with van der Waals surface area (Å²) in [7, 11) is 1.60. The second-order valence-corrected chi connectivity index (χ2v) is 4.63. The maximum atomic E-state index is 11.0. The highest BCUT2D eigenvalue weighted by molar-refractivity contribution is 5.84. The predicted molar refractivity (Wildman–Crippen MR) is 67.4 cm³/mol. The third kappa shape index (κ3) is 2.13. The Balaban J connectivity index is 2.56. The SMILES string of the molecule is COc1cc2ccc(C(C)(C)C=O)cc2cn1. The maximum absolute atomic E-state index is 11.0. The van der Waals surface area contributed by atoms with Crippen LogP contribution in [-0.4, -0.2) is 18.4 Å². The Morgan fingerprint density at radius 3 is 2.65 bits per heavy atom. The number of aldehydes is 1. The van der Waals surface area contributed by atoms with E-state index < -0.39 is 5.41 Å². The first-order valence-electron chi connectivity index (χ1n) is 5.47. The molecule has 0 spiro atoms. The van der Waals surface area contributed by atoms with Crippen molar-refractivity contribution in [2.75, 3.05) is 7.11 Å². The fourth-order valence-corrected chi connectivity index (χ4v) is 1.70. The predicted octanol–water partition coefficient (Wildman–Crippen LogP) is 2.72. The molecule has 0 aliphatic carbocycles. The van der Waals surface area contributed by atoms with Gasteiger partial charge in [0.1, 0.15) is 6.29 Å². The van der Waals surface area contributed by atoms with Crippen LogP contribution in [0, 0.1) is 0 Å². The van der Waals surface area contributed by atoms with E-state index in [1.807, 2.05) is 38.1 Å². The van der Waals surface area contributed by atoms with E-state index in [9.17, 15) is 4.79 Å². The van der Waals surface area contributed by atoms with E-state index in [0.717, 1.165) is 22.6 Å². The molecule has 0 atom stereocenters. The molecule has 2 aromatic rings. The Morgan fingerprint density at radius 2 is 2.00 bits per heavy atom. The lowest BCUT2D eigenvalue weighted by atomic mass is 9.85. The van der Waals surface area contributed by atoms with Gasteiger partial charge in [-0.2, -0.15) is 0 Å². The Hall–Kier alpha value is -1.90. The second kappa shape index (κ2) is 4.17. The number of aromatic nitrogens is 1. The molecule has 0 bridgehead atoms. The van der Waals surface area contributed by atoms with Crippen LogP contribution < -0.4 is 4.74 Å². The summed E-state index contributed by atoms with van der Waals surface area (Å²) < 4.78 is 5.07. The highest BCUT2D eigenvalue weighted by Gasteiger charge is 2.19. The number of pyridine rings is 1. The first kappa shape index (κ1) is 11.6. The molecule has 0 aliphatic rings. The van der Waals surface area contributed by atoms with E-state index in [2.05, 4.69) is 4.98 Å². The fourth-order valence-electron chi connectivity index (χ4n) is 1.70. The number of nitrogens with zero attached hydrogens (tertiary/aromatic N) is 1. The van der Waals surface area contributed by atoms with Gasteiger partial charge in [-0.3, -0.25) is 0 Å². The van der Waals surface area contributed by atoms with Crippen molar-refractivity contribution in [2.24, 2.45) is 0 Å². The molecule has 1 aromatic carbocycles. The number of carbonyl (C=O) groups excluding carboxylic acids is 1. The van der Waals surface area contributed by atoms with Crippen LogP contribution in [0.15, 0.2) is 30.5 Å². The number of rotatable bonds is 3. The van der Waals surface area contributed by atoms with E-state index in [-0.39, 0.29) is 0 Å². The average molecular weight is 229 g/mol. The van der Waals surface area contributed by atoms with E-state index in [1.54, 1.807) is 13.3 Å². The molecule has 1 heterocycles. The van der Waals surface area contributed by atoms with E-state index in [0.29, 0.717) is 5.88 Å². The molecular weight excluding hydrogens is 214 g/mol. The lowest BCUT2D eigenvalue weighted by Gasteiger charge is -2.17. The highest BCUT2D eigenvalue weighted by Crippen LogP contribution is 2.26. The van der Waals surface area contributed by atoms with Crippen LogP contribution in [-0.2, 0) is 10.2 Å². The van der Waals surface area contributed by atoms with Crippen molar-refractivity contribution in [3.8, 4) is 5.88 Å². The molecular formula is C14H15NO2. The number of hydrogen-bond donors (Lipinski definition) is 0. The number of fused-ring (bicyclic) bond motifs is 1. The number of carbonyl (C=O) groups is 1. The zero-order valence-electron chi connectivity index (χ0n) is 10.2. The fraction of sp³-hybridized carbons (Fsp3) is 0.286.